The van der Waals surface area contributed by atoms with E-state index >= 15 is 0 Å². The molecule has 2 heterocycles. The van der Waals surface area contributed by atoms with E-state index in [9.17, 15) is 26.9 Å². The number of hydrogen-bond acceptors (Lipinski definition) is 5. The van der Waals surface area contributed by atoms with E-state index in [4.69, 9.17) is 5.73 Å². The van der Waals surface area contributed by atoms with E-state index in [1.54, 1.807) is 22.9 Å². The van der Waals surface area contributed by atoms with E-state index in [0.717, 1.165) is 31.5 Å². The van der Waals surface area contributed by atoms with Gasteiger partial charge >= 0.3 is 6.18 Å². The second-order valence-electron chi connectivity index (χ2n) is 7.93. The van der Waals surface area contributed by atoms with Crippen LogP contribution in [0.15, 0.2) is 41.4 Å². The lowest BCUT2D eigenvalue weighted by atomic mass is 10.1. The van der Waals surface area contributed by atoms with Gasteiger partial charge in [0.1, 0.15) is 17.0 Å². The van der Waals surface area contributed by atoms with Crippen molar-refractivity contribution in [2.45, 2.75) is 43.4 Å². The van der Waals surface area contributed by atoms with Crippen molar-refractivity contribution in [1.82, 2.24) is 14.3 Å². The molecule has 1 aliphatic rings. The SMILES string of the molecule is C[C@H](NS(=O)(=O)c1ccc(-c2c(C#N)c3ccc(N)cc3n2CC2CC2)nc1)C(F)(F)F. The molecule has 2 aromatic heterocycles. The third-order valence-corrected chi connectivity index (χ3v) is 6.98. The Morgan fingerprint density at radius 2 is 2.03 bits per heavy atom. The second-order valence-corrected chi connectivity index (χ2v) is 9.64. The molecule has 1 atom stereocenters. The number of nitrogens with zero attached hydrogens (tertiary/aromatic N) is 3. The minimum Gasteiger partial charge on any atom is -0.399 e. The van der Waals surface area contributed by atoms with Crippen LogP contribution < -0.4 is 10.5 Å². The molecule has 0 unspecified atom stereocenters. The minimum absolute atomic E-state index is 0.347. The number of benzene rings is 1. The number of hydrogen-bond donors (Lipinski definition) is 2. The summed E-state index contributed by atoms with van der Waals surface area (Å²) in [5.41, 5.74) is 8.53. The first-order chi connectivity index (χ1) is 15.0. The summed E-state index contributed by atoms with van der Waals surface area (Å²) in [6.45, 7) is 1.38. The Bertz CT molecular complexity index is 1320. The van der Waals surface area contributed by atoms with Crippen LogP contribution in [0.25, 0.3) is 22.3 Å². The van der Waals surface area contributed by atoms with Crippen LogP contribution in [0.4, 0.5) is 18.9 Å². The van der Waals surface area contributed by atoms with Gasteiger partial charge in [0, 0.05) is 23.8 Å². The van der Waals surface area contributed by atoms with Crippen LogP contribution in [0.3, 0.4) is 0 Å². The summed E-state index contributed by atoms with van der Waals surface area (Å²) in [7, 11) is -4.43. The zero-order chi connectivity index (χ0) is 23.3. The van der Waals surface area contributed by atoms with Crippen LogP contribution in [0, 0.1) is 17.2 Å². The van der Waals surface area contributed by atoms with E-state index in [2.05, 4.69) is 11.1 Å². The highest BCUT2D eigenvalue weighted by atomic mass is 32.2. The lowest BCUT2D eigenvalue weighted by molar-refractivity contribution is -0.147. The Morgan fingerprint density at radius 3 is 2.59 bits per heavy atom. The molecule has 0 aliphatic heterocycles. The fourth-order valence-corrected chi connectivity index (χ4v) is 4.71. The minimum atomic E-state index is -4.71. The predicted octanol–water partition coefficient (Wildman–Crippen LogP) is 3.80. The zero-order valence-corrected chi connectivity index (χ0v) is 17.8. The number of pyridine rings is 1. The molecule has 4 rings (SSSR count). The molecule has 11 heteroatoms. The highest BCUT2D eigenvalue weighted by Crippen LogP contribution is 2.38. The molecule has 3 aromatic rings. The Kier molecular flexibility index (Phi) is 5.38. The van der Waals surface area contributed by atoms with Crippen LogP contribution >= 0.6 is 0 Å². The van der Waals surface area contributed by atoms with Crippen molar-refractivity contribution in [3.05, 3.63) is 42.1 Å². The molecule has 1 fully saturated rings. The summed E-state index contributed by atoms with van der Waals surface area (Å²) in [5.74, 6) is 0.463. The lowest BCUT2D eigenvalue weighted by Crippen LogP contribution is -2.42. The van der Waals surface area contributed by atoms with Crippen LogP contribution in [0.5, 0.6) is 0 Å². The fraction of sp³-hybridized carbons (Fsp3) is 0.333. The Hall–Kier alpha value is -3.10. The van der Waals surface area contributed by atoms with Gasteiger partial charge in [-0.15, -0.1) is 0 Å². The molecule has 168 valence electrons. The number of nitrogen functional groups attached to an aromatic ring is 1. The normalized spacial score (nSPS) is 15.6. The number of rotatable bonds is 6. The number of nitrogens with two attached hydrogens (primary N) is 1. The largest absolute Gasteiger partial charge is 0.404 e. The summed E-state index contributed by atoms with van der Waals surface area (Å²) in [6, 6.07) is 7.78. The molecular formula is C21H20F3N5O2S. The number of fused-ring (bicyclic) bond motifs is 1. The molecule has 32 heavy (non-hydrogen) atoms. The van der Waals surface area contributed by atoms with Gasteiger partial charge in [-0.25, -0.2) is 8.42 Å². The first-order valence-electron chi connectivity index (χ1n) is 9.88. The fourth-order valence-electron chi connectivity index (χ4n) is 3.54. The van der Waals surface area contributed by atoms with E-state index in [0.29, 0.717) is 40.5 Å². The molecule has 7 nitrogen and oxygen atoms in total. The Labute approximate surface area is 182 Å². The highest BCUT2D eigenvalue weighted by Gasteiger charge is 2.39. The van der Waals surface area contributed by atoms with E-state index in [1.807, 2.05) is 4.57 Å². The van der Waals surface area contributed by atoms with Crippen molar-refractivity contribution in [3.8, 4) is 17.5 Å². The summed E-state index contributed by atoms with van der Waals surface area (Å²) in [4.78, 5) is 3.80. The van der Waals surface area contributed by atoms with E-state index in [1.165, 1.54) is 12.1 Å². The van der Waals surface area contributed by atoms with Gasteiger partial charge in [0.05, 0.1) is 22.5 Å². The molecule has 1 aromatic carbocycles. The van der Waals surface area contributed by atoms with Gasteiger partial charge in [0.2, 0.25) is 10.0 Å². The highest BCUT2D eigenvalue weighted by molar-refractivity contribution is 7.89. The lowest BCUT2D eigenvalue weighted by Gasteiger charge is -2.17. The number of sulfonamides is 1. The van der Waals surface area contributed by atoms with Gasteiger partial charge in [-0.05, 0) is 56.0 Å². The quantitative estimate of drug-likeness (QED) is 0.540. The third kappa shape index (κ3) is 4.16. The van der Waals surface area contributed by atoms with Crippen molar-refractivity contribution in [1.29, 1.82) is 5.26 Å². The van der Waals surface area contributed by atoms with Crippen LogP contribution in [0.2, 0.25) is 0 Å². The first-order valence-corrected chi connectivity index (χ1v) is 11.4. The van der Waals surface area contributed by atoms with Crippen molar-refractivity contribution < 1.29 is 21.6 Å². The molecule has 0 amide bonds. The topological polar surface area (TPSA) is 114 Å². The molecule has 0 spiro atoms. The Morgan fingerprint density at radius 1 is 1.31 bits per heavy atom. The summed E-state index contributed by atoms with van der Waals surface area (Å²) < 4.78 is 66.5. The smallest absolute Gasteiger partial charge is 0.399 e. The molecule has 0 saturated heterocycles. The van der Waals surface area contributed by atoms with Crippen molar-refractivity contribution in [3.63, 3.8) is 0 Å². The molecule has 1 saturated carbocycles. The number of alkyl halides is 3. The molecule has 3 N–H and O–H groups in total. The van der Waals surface area contributed by atoms with Gasteiger partial charge < -0.3 is 10.3 Å². The van der Waals surface area contributed by atoms with Gasteiger partial charge in [-0.2, -0.15) is 23.2 Å². The third-order valence-electron chi connectivity index (χ3n) is 5.45. The van der Waals surface area contributed by atoms with Crippen molar-refractivity contribution in [2.24, 2.45) is 5.92 Å². The van der Waals surface area contributed by atoms with Crippen LogP contribution in [-0.4, -0.2) is 30.2 Å². The number of anilines is 1. The summed E-state index contributed by atoms with van der Waals surface area (Å²) >= 11 is 0. The van der Waals surface area contributed by atoms with E-state index < -0.39 is 27.1 Å². The summed E-state index contributed by atoms with van der Waals surface area (Å²) in [5, 5.41) is 10.5. The second kappa shape index (κ2) is 7.79. The maximum atomic E-state index is 12.8. The molecule has 0 bridgehead atoms. The van der Waals surface area contributed by atoms with Crippen LogP contribution in [0.1, 0.15) is 25.3 Å². The first kappa shape index (κ1) is 22.1. The zero-order valence-electron chi connectivity index (χ0n) is 17.0. The monoisotopic (exact) mass is 463 g/mol. The Balaban J connectivity index is 1.78. The number of nitriles is 1. The van der Waals surface area contributed by atoms with Gasteiger partial charge in [-0.3, -0.25) is 4.98 Å². The average molecular weight is 463 g/mol. The number of halogens is 3. The standard InChI is InChI=1S/C21H20F3N5O2S/c1-12(21(22,23)24)28-32(30,31)15-5-7-18(27-10-15)20-17(9-25)16-6-4-14(26)8-19(16)29(20)11-13-2-3-13/h4-8,10,12-13,28H,2-3,11,26H2,1H3/t12-/m0/s1. The van der Waals surface area contributed by atoms with Crippen molar-refractivity contribution >= 4 is 26.6 Å². The molecular weight excluding hydrogens is 443 g/mol. The van der Waals surface area contributed by atoms with E-state index in [-0.39, 0.29) is 0 Å². The maximum absolute atomic E-state index is 12.8. The predicted molar refractivity (Wildman–Crippen MR) is 113 cm³/mol. The number of nitrogens with one attached hydrogen (secondary N) is 1. The summed E-state index contributed by atoms with van der Waals surface area (Å²) in [6.07, 6.45) is -1.59. The van der Waals surface area contributed by atoms with Gasteiger partial charge in [-0.1, -0.05) is 0 Å². The maximum Gasteiger partial charge on any atom is 0.404 e. The van der Waals surface area contributed by atoms with Gasteiger partial charge in [0.15, 0.2) is 0 Å². The van der Waals surface area contributed by atoms with Crippen molar-refractivity contribution in [2.75, 3.05) is 5.73 Å². The average Bonchev–Trinajstić information content (AvgIpc) is 3.49. The molecule has 0 radical (unpaired) electrons. The van der Waals surface area contributed by atoms with Gasteiger partial charge in [0.25, 0.3) is 0 Å². The molecule has 1 aliphatic carbocycles. The van der Waals surface area contributed by atoms with Crippen LogP contribution in [-0.2, 0) is 16.6 Å². The number of aromatic nitrogens is 2.